The second-order valence-electron chi connectivity index (χ2n) is 9.07. The molecule has 0 saturated carbocycles. The molecule has 0 aliphatic carbocycles. The number of benzene rings is 3. The molecular formula is C26H22BrClN2O4. The molecule has 8 heteroatoms. The first-order valence-electron chi connectivity index (χ1n) is 10.8. The van der Waals surface area contributed by atoms with Gasteiger partial charge in [0.1, 0.15) is 5.75 Å². The molecule has 2 aliphatic heterocycles. The van der Waals surface area contributed by atoms with E-state index in [2.05, 4.69) is 46.8 Å². The lowest BCUT2D eigenvalue weighted by molar-refractivity contribution is -0.385. The number of rotatable bonds is 4. The van der Waals surface area contributed by atoms with Crippen LogP contribution in [0.4, 0.5) is 11.4 Å². The van der Waals surface area contributed by atoms with Crippen molar-refractivity contribution in [3.63, 3.8) is 0 Å². The van der Waals surface area contributed by atoms with Crippen LogP contribution in [-0.4, -0.2) is 15.8 Å². The number of fused-ring (bicyclic) bond motifs is 2. The predicted octanol–water partition coefficient (Wildman–Crippen LogP) is 6.60. The van der Waals surface area contributed by atoms with Crippen molar-refractivity contribution in [1.29, 1.82) is 0 Å². The van der Waals surface area contributed by atoms with Crippen LogP contribution in [0.2, 0.25) is 5.02 Å². The monoisotopic (exact) mass is 540 g/mol. The first-order valence-corrected chi connectivity index (χ1v) is 12.0. The quantitative estimate of drug-likeness (QED) is 0.297. The van der Waals surface area contributed by atoms with Gasteiger partial charge in [-0.1, -0.05) is 39.7 Å². The molecule has 0 radical (unpaired) electrons. The number of non-ortho nitro benzene ring substituents is 1. The highest BCUT2D eigenvalue weighted by Crippen LogP contribution is 2.56. The van der Waals surface area contributed by atoms with E-state index in [0.717, 1.165) is 21.3 Å². The molecule has 1 unspecified atom stereocenters. The Morgan fingerprint density at radius 3 is 2.56 bits per heavy atom. The number of ether oxygens (including phenoxy) is 1. The molecule has 6 nitrogen and oxygen atoms in total. The van der Waals surface area contributed by atoms with Gasteiger partial charge in [0.15, 0.2) is 0 Å². The van der Waals surface area contributed by atoms with Crippen LogP contribution in [0, 0.1) is 10.1 Å². The van der Waals surface area contributed by atoms with Crippen LogP contribution in [0.25, 0.3) is 6.08 Å². The molecule has 0 saturated heterocycles. The third kappa shape index (κ3) is 3.42. The van der Waals surface area contributed by atoms with E-state index in [1.54, 1.807) is 0 Å². The number of aliphatic hydroxyl groups excluding tert-OH is 1. The van der Waals surface area contributed by atoms with Crippen molar-refractivity contribution in [3.05, 3.63) is 103 Å². The summed E-state index contributed by atoms with van der Waals surface area (Å²) in [6.45, 7) is 4.39. The van der Waals surface area contributed by atoms with Crippen molar-refractivity contribution >= 4 is 45.0 Å². The van der Waals surface area contributed by atoms with Crippen LogP contribution >= 0.6 is 27.5 Å². The molecule has 0 bridgehead atoms. The van der Waals surface area contributed by atoms with Gasteiger partial charge in [-0.2, -0.15) is 0 Å². The predicted molar refractivity (Wildman–Crippen MR) is 136 cm³/mol. The highest BCUT2D eigenvalue weighted by Gasteiger charge is 2.59. The second-order valence-corrected chi connectivity index (χ2v) is 10.4. The highest BCUT2D eigenvalue weighted by molar-refractivity contribution is 9.10. The Kier molecular flexibility index (Phi) is 5.47. The van der Waals surface area contributed by atoms with E-state index in [0.29, 0.717) is 28.4 Å². The van der Waals surface area contributed by atoms with E-state index in [1.165, 1.54) is 12.1 Å². The third-order valence-corrected chi connectivity index (χ3v) is 7.54. The summed E-state index contributed by atoms with van der Waals surface area (Å²) in [6.07, 6.45) is 3.82. The van der Waals surface area contributed by atoms with E-state index >= 15 is 0 Å². The van der Waals surface area contributed by atoms with Crippen LogP contribution in [0.5, 0.6) is 5.75 Å². The van der Waals surface area contributed by atoms with Gasteiger partial charge >= 0.3 is 0 Å². The molecule has 174 valence electrons. The first kappa shape index (κ1) is 22.9. The number of hydrogen-bond donors (Lipinski definition) is 1. The van der Waals surface area contributed by atoms with Crippen molar-refractivity contribution in [3.8, 4) is 5.75 Å². The number of aliphatic hydroxyl groups is 1. The molecule has 0 aromatic heterocycles. The summed E-state index contributed by atoms with van der Waals surface area (Å²) in [5.41, 5.74) is 2.51. The van der Waals surface area contributed by atoms with Gasteiger partial charge in [-0.15, -0.1) is 0 Å². The van der Waals surface area contributed by atoms with Crippen molar-refractivity contribution in [2.75, 3.05) is 4.90 Å². The Morgan fingerprint density at radius 1 is 1.15 bits per heavy atom. The Balaban J connectivity index is 1.69. The highest BCUT2D eigenvalue weighted by atomic mass is 79.9. The van der Waals surface area contributed by atoms with Gasteiger partial charge in [0.2, 0.25) is 5.72 Å². The van der Waals surface area contributed by atoms with Crippen molar-refractivity contribution in [1.82, 2.24) is 0 Å². The molecule has 0 fully saturated rings. The largest absolute Gasteiger partial charge is 0.462 e. The van der Waals surface area contributed by atoms with Crippen LogP contribution in [-0.2, 0) is 18.6 Å². The smallest absolute Gasteiger partial charge is 0.270 e. The molecule has 34 heavy (non-hydrogen) atoms. The molecule has 2 heterocycles. The molecular weight excluding hydrogens is 520 g/mol. The summed E-state index contributed by atoms with van der Waals surface area (Å²) >= 11 is 9.89. The maximum atomic E-state index is 11.4. The fraction of sp³-hybridized carbons (Fsp3) is 0.231. The minimum absolute atomic E-state index is 0.0838. The molecule has 2 aliphatic rings. The Labute approximate surface area is 210 Å². The van der Waals surface area contributed by atoms with Gasteiger partial charge in [0.25, 0.3) is 5.69 Å². The van der Waals surface area contributed by atoms with Crippen molar-refractivity contribution < 1.29 is 14.8 Å². The maximum absolute atomic E-state index is 11.4. The van der Waals surface area contributed by atoms with Gasteiger partial charge < -0.3 is 14.7 Å². The van der Waals surface area contributed by atoms with E-state index in [9.17, 15) is 15.2 Å². The Hall–Kier alpha value is -2.87. The molecule has 3 aromatic carbocycles. The van der Waals surface area contributed by atoms with Gasteiger partial charge in [0.05, 0.1) is 16.9 Å². The fourth-order valence-corrected chi connectivity index (χ4v) is 5.41. The molecule has 0 amide bonds. The zero-order chi connectivity index (χ0) is 24.3. The Bertz CT molecular complexity index is 1340. The van der Waals surface area contributed by atoms with Gasteiger partial charge in [-0.25, -0.2) is 0 Å². The molecule has 3 aromatic rings. The Morgan fingerprint density at radius 2 is 1.88 bits per heavy atom. The summed E-state index contributed by atoms with van der Waals surface area (Å²) in [5, 5.41) is 22.1. The first-order chi connectivity index (χ1) is 16.2. The molecule has 5 rings (SSSR count). The second kappa shape index (κ2) is 8.12. The fourth-order valence-electron chi connectivity index (χ4n) is 4.97. The summed E-state index contributed by atoms with van der Waals surface area (Å²) in [4.78, 5) is 13.1. The molecule has 1 atom stereocenters. The normalized spacial score (nSPS) is 19.6. The van der Waals surface area contributed by atoms with Gasteiger partial charge in [-0.05, 0) is 67.5 Å². The number of nitro groups is 1. The summed E-state index contributed by atoms with van der Waals surface area (Å²) < 4.78 is 7.78. The summed E-state index contributed by atoms with van der Waals surface area (Å²) in [6, 6.07) is 16.8. The van der Waals surface area contributed by atoms with E-state index in [1.807, 2.05) is 42.5 Å². The lowest BCUT2D eigenvalue weighted by Gasteiger charge is -2.47. The average Bonchev–Trinajstić information content (AvgIpc) is 2.98. The standard InChI is InChI=1S/C26H22BrClN2O4/c1-25(2)22-13-20(28)7-8-23(22)29(14-16-3-5-19(27)6-4-16)26(25)10-9-17-11-21(30(32)33)12-18(15-31)24(17)34-26/h3-13,31H,14-15H2,1-2H3. The number of halogens is 2. The lowest BCUT2D eigenvalue weighted by atomic mass is 9.76. The van der Waals surface area contributed by atoms with E-state index < -0.39 is 16.1 Å². The molecule has 1 N–H and O–H groups in total. The zero-order valence-corrected chi connectivity index (χ0v) is 20.9. The van der Waals surface area contributed by atoms with E-state index in [4.69, 9.17) is 16.3 Å². The van der Waals surface area contributed by atoms with Crippen LogP contribution < -0.4 is 9.64 Å². The number of nitro benzene ring substituents is 1. The lowest BCUT2D eigenvalue weighted by Crippen LogP contribution is -2.59. The SMILES string of the molecule is CC1(C)c2cc(Cl)ccc2N(Cc2ccc(Br)cc2)C12C=Cc1cc([N+](=O)[O-])cc(CO)c1O2. The van der Waals surface area contributed by atoms with E-state index in [-0.39, 0.29) is 12.3 Å². The number of hydrogen-bond acceptors (Lipinski definition) is 5. The van der Waals surface area contributed by atoms with Crippen LogP contribution in [0.15, 0.2) is 65.1 Å². The zero-order valence-electron chi connectivity index (χ0n) is 18.6. The van der Waals surface area contributed by atoms with Crippen molar-refractivity contribution in [2.45, 2.75) is 38.1 Å². The average molecular weight is 542 g/mol. The maximum Gasteiger partial charge on any atom is 0.270 e. The minimum atomic E-state index is -0.944. The van der Waals surface area contributed by atoms with Gasteiger partial charge in [0, 0.05) is 45.0 Å². The van der Waals surface area contributed by atoms with Gasteiger partial charge in [-0.3, -0.25) is 10.1 Å². The number of anilines is 1. The van der Waals surface area contributed by atoms with Crippen molar-refractivity contribution in [2.24, 2.45) is 0 Å². The van der Waals surface area contributed by atoms with Crippen LogP contribution in [0.3, 0.4) is 0 Å². The number of nitrogens with zero attached hydrogens (tertiary/aromatic N) is 2. The minimum Gasteiger partial charge on any atom is -0.462 e. The molecule has 1 spiro atoms. The topological polar surface area (TPSA) is 75.8 Å². The summed E-state index contributed by atoms with van der Waals surface area (Å²) in [7, 11) is 0. The van der Waals surface area contributed by atoms with Crippen LogP contribution in [0.1, 0.15) is 36.1 Å². The third-order valence-electron chi connectivity index (χ3n) is 6.78. The summed E-state index contributed by atoms with van der Waals surface area (Å²) in [5.74, 6) is 0.448.